The van der Waals surface area contributed by atoms with Gasteiger partial charge in [0, 0.05) is 24.4 Å². The monoisotopic (exact) mass is 214 g/mol. The number of ether oxygens (including phenoxy) is 1. The Morgan fingerprint density at radius 2 is 2.21 bits per heavy atom. The maximum atomic E-state index is 4.95. The number of hydrogen-bond acceptors (Lipinski definition) is 4. The van der Waals surface area contributed by atoms with Crippen LogP contribution in [0.15, 0.2) is 5.38 Å². The molecule has 0 atom stereocenters. The second kappa shape index (κ2) is 4.75. The summed E-state index contributed by atoms with van der Waals surface area (Å²) in [7, 11) is 1.70. The molecule has 80 valence electrons. The smallest absolute Gasteiger partial charge is 0.182 e. The first-order valence-electron chi connectivity index (χ1n) is 4.73. The molecule has 1 N–H and O–H groups in total. The topological polar surface area (TPSA) is 34.1 Å². The van der Waals surface area contributed by atoms with E-state index in [2.05, 4.69) is 36.5 Å². The molecule has 0 aliphatic rings. The predicted molar refractivity (Wildman–Crippen MR) is 61.2 cm³/mol. The molecular weight excluding hydrogens is 196 g/mol. The normalized spacial score (nSPS) is 11.7. The molecule has 0 radical (unpaired) electrons. The van der Waals surface area contributed by atoms with Crippen LogP contribution in [0.25, 0.3) is 0 Å². The number of methoxy groups -OCH3 is 1. The number of aromatic nitrogens is 1. The molecule has 14 heavy (non-hydrogen) atoms. The van der Waals surface area contributed by atoms with E-state index >= 15 is 0 Å². The molecule has 1 heterocycles. The van der Waals surface area contributed by atoms with Crippen LogP contribution < -0.4 is 5.32 Å². The minimum Gasteiger partial charge on any atom is -0.383 e. The van der Waals surface area contributed by atoms with E-state index in [1.54, 1.807) is 18.4 Å². The van der Waals surface area contributed by atoms with Gasteiger partial charge in [-0.25, -0.2) is 4.98 Å². The summed E-state index contributed by atoms with van der Waals surface area (Å²) in [4.78, 5) is 4.51. The summed E-state index contributed by atoms with van der Waals surface area (Å²) in [5.74, 6) is 0. The van der Waals surface area contributed by atoms with E-state index in [1.165, 1.54) is 0 Å². The molecule has 0 aliphatic heterocycles. The van der Waals surface area contributed by atoms with E-state index in [-0.39, 0.29) is 5.41 Å². The van der Waals surface area contributed by atoms with E-state index in [0.717, 1.165) is 17.4 Å². The summed E-state index contributed by atoms with van der Waals surface area (Å²) < 4.78 is 4.95. The van der Waals surface area contributed by atoms with Crippen LogP contribution >= 0.6 is 11.3 Å². The van der Waals surface area contributed by atoms with E-state index in [4.69, 9.17) is 4.74 Å². The van der Waals surface area contributed by atoms with Crippen molar-refractivity contribution in [1.29, 1.82) is 0 Å². The van der Waals surface area contributed by atoms with Gasteiger partial charge in [0.2, 0.25) is 0 Å². The Labute approximate surface area is 89.5 Å². The Hall–Kier alpha value is -0.610. The molecule has 1 aromatic rings. The van der Waals surface area contributed by atoms with Gasteiger partial charge in [-0.2, -0.15) is 0 Å². The van der Waals surface area contributed by atoms with Gasteiger partial charge in [0.1, 0.15) is 0 Å². The Balaban J connectivity index is 2.51. The molecule has 0 saturated heterocycles. The van der Waals surface area contributed by atoms with Crippen molar-refractivity contribution in [2.45, 2.75) is 26.2 Å². The summed E-state index contributed by atoms with van der Waals surface area (Å²) in [6.45, 7) is 8.03. The van der Waals surface area contributed by atoms with Gasteiger partial charge in [-0.1, -0.05) is 20.8 Å². The minimum absolute atomic E-state index is 0.137. The first kappa shape index (κ1) is 11.5. The number of hydrogen-bond donors (Lipinski definition) is 1. The number of rotatable bonds is 4. The molecule has 1 rings (SSSR count). The van der Waals surface area contributed by atoms with Gasteiger partial charge < -0.3 is 10.1 Å². The third kappa shape index (κ3) is 3.27. The van der Waals surface area contributed by atoms with Crippen molar-refractivity contribution < 1.29 is 4.74 Å². The molecule has 0 spiro atoms. The number of thiazole rings is 1. The summed E-state index contributed by atoms with van der Waals surface area (Å²) in [6.07, 6.45) is 0. The minimum atomic E-state index is 0.137. The van der Waals surface area contributed by atoms with Gasteiger partial charge >= 0.3 is 0 Å². The Morgan fingerprint density at radius 1 is 1.50 bits per heavy atom. The van der Waals surface area contributed by atoms with Gasteiger partial charge in [-0.15, -0.1) is 11.3 Å². The van der Waals surface area contributed by atoms with Crippen molar-refractivity contribution in [3.8, 4) is 0 Å². The Morgan fingerprint density at radius 3 is 2.71 bits per heavy atom. The molecule has 3 nitrogen and oxygen atoms in total. The molecule has 4 heteroatoms. The van der Waals surface area contributed by atoms with Gasteiger partial charge in [0.05, 0.1) is 12.3 Å². The summed E-state index contributed by atoms with van der Waals surface area (Å²) in [5, 5.41) is 6.31. The molecule has 0 amide bonds. The molecule has 0 aliphatic carbocycles. The lowest BCUT2D eigenvalue weighted by Gasteiger charge is -2.14. The number of nitrogens with zero attached hydrogens (tertiary/aromatic N) is 1. The van der Waals surface area contributed by atoms with Crippen molar-refractivity contribution >= 4 is 16.5 Å². The van der Waals surface area contributed by atoms with E-state index in [1.807, 2.05) is 0 Å². The maximum absolute atomic E-state index is 4.95. The lowest BCUT2D eigenvalue weighted by atomic mass is 9.93. The van der Waals surface area contributed by atoms with Crippen molar-refractivity contribution in [1.82, 2.24) is 4.98 Å². The van der Waals surface area contributed by atoms with Crippen LogP contribution in [0.2, 0.25) is 0 Å². The average molecular weight is 214 g/mol. The lowest BCUT2D eigenvalue weighted by molar-refractivity contribution is 0.211. The Kier molecular flexibility index (Phi) is 3.89. The van der Waals surface area contributed by atoms with E-state index in [9.17, 15) is 0 Å². The summed E-state index contributed by atoms with van der Waals surface area (Å²) in [6, 6.07) is 0. The fourth-order valence-corrected chi connectivity index (χ4v) is 1.93. The fraction of sp³-hybridized carbons (Fsp3) is 0.700. The van der Waals surface area contributed by atoms with Crippen LogP contribution in [-0.4, -0.2) is 25.2 Å². The number of anilines is 1. The molecule has 0 fully saturated rings. The van der Waals surface area contributed by atoms with Crippen LogP contribution in [0.4, 0.5) is 5.13 Å². The zero-order chi connectivity index (χ0) is 10.6. The fourth-order valence-electron chi connectivity index (χ4n) is 0.959. The molecule has 1 aromatic heterocycles. The first-order valence-corrected chi connectivity index (χ1v) is 5.61. The van der Waals surface area contributed by atoms with Gasteiger partial charge in [-0.3, -0.25) is 0 Å². The standard InChI is InChI=1S/C10H18N2OS/c1-10(2,3)8-7-14-9(12-8)11-5-6-13-4/h7H,5-6H2,1-4H3,(H,11,12). The molecule has 0 saturated carbocycles. The largest absolute Gasteiger partial charge is 0.383 e. The quantitative estimate of drug-likeness (QED) is 0.782. The predicted octanol–water partition coefficient (Wildman–Crippen LogP) is 2.50. The highest BCUT2D eigenvalue weighted by atomic mass is 32.1. The second-order valence-corrected chi connectivity index (χ2v) is 5.07. The molecule has 0 unspecified atom stereocenters. The van der Waals surface area contributed by atoms with E-state index < -0.39 is 0 Å². The Bertz CT molecular complexity index is 278. The van der Waals surface area contributed by atoms with Gasteiger partial charge in [-0.05, 0) is 0 Å². The highest BCUT2D eigenvalue weighted by Crippen LogP contribution is 2.25. The zero-order valence-corrected chi connectivity index (χ0v) is 10.1. The average Bonchev–Trinajstić information content (AvgIpc) is 2.52. The van der Waals surface area contributed by atoms with Crippen molar-refractivity contribution in [3.05, 3.63) is 11.1 Å². The van der Waals surface area contributed by atoms with Crippen molar-refractivity contribution in [2.24, 2.45) is 0 Å². The highest BCUT2D eigenvalue weighted by molar-refractivity contribution is 7.13. The van der Waals surface area contributed by atoms with Gasteiger partial charge in [0.15, 0.2) is 5.13 Å². The number of nitrogens with one attached hydrogen (secondary N) is 1. The van der Waals surface area contributed by atoms with Crippen LogP contribution in [0, 0.1) is 0 Å². The second-order valence-electron chi connectivity index (χ2n) is 4.21. The SMILES string of the molecule is COCCNc1nc(C(C)(C)C)cs1. The lowest BCUT2D eigenvalue weighted by Crippen LogP contribution is -2.12. The van der Waals surface area contributed by atoms with E-state index in [0.29, 0.717) is 6.61 Å². The van der Waals surface area contributed by atoms with Crippen LogP contribution in [0.3, 0.4) is 0 Å². The van der Waals surface area contributed by atoms with Crippen molar-refractivity contribution in [3.63, 3.8) is 0 Å². The third-order valence-corrected chi connectivity index (χ3v) is 2.66. The summed E-state index contributed by atoms with van der Waals surface area (Å²) >= 11 is 1.65. The van der Waals surface area contributed by atoms with Crippen LogP contribution in [0.1, 0.15) is 26.5 Å². The zero-order valence-electron chi connectivity index (χ0n) is 9.26. The van der Waals surface area contributed by atoms with Crippen LogP contribution in [-0.2, 0) is 10.2 Å². The third-order valence-electron chi connectivity index (χ3n) is 1.86. The molecular formula is C10H18N2OS. The highest BCUT2D eigenvalue weighted by Gasteiger charge is 2.16. The summed E-state index contributed by atoms with van der Waals surface area (Å²) in [5.41, 5.74) is 1.28. The van der Waals surface area contributed by atoms with Crippen molar-refractivity contribution in [2.75, 3.05) is 25.6 Å². The molecule has 0 bridgehead atoms. The first-order chi connectivity index (χ1) is 6.54. The maximum Gasteiger partial charge on any atom is 0.182 e. The van der Waals surface area contributed by atoms with Crippen LogP contribution in [0.5, 0.6) is 0 Å². The van der Waals surface area contributed by atoms with Gasteiger partial charge in [0.25, 0.3) is 0 Å². The molecule has 0 aromatic carbocycles.